The van der Waals surface area contributed by atoms with Crippen LogP contribution in [0.2, 0.25) is 0 Å². The lowest BCUT2D eigenvalue weighted by Gasteiger charge is -2.24. The molecule has 0 atom stereocenters. The predicted molar refractivity (Wildman–Crippen MR) is 121 cm³/mol. The maximum atomic E-state index is 13.5. The molecule has 29 heavy (non-hydrogen) atoms. The normalized spacial score (nSPS) is 10.5. The van der Waals surface area contributed by atoms with Gasteiger partial charge in [0.05, 0.1) is 12.1 Å². The lowest BCUT2D eigenvalue weighted by Crippen LogP contribution is -2.31. The zero-order chi connectivity index (χ0) is 20.1. The van der Waals surface area contributed by atoms with Crippen LogP contribution >= 0.6 is 15.9 Å². The Morgan fingerprint density at radius 1 is 0.793 bits per heavy atom. The van der Waals surface area contributed by atoms with Crippen molar-refractivity contribution in [2.24, 2.45) is 0 Å². The van der Waals surface area contributed by atoms with Gasteiger partial charge in [-0.15, -0.1) is 0 Å². The van der Waals surface area contributed by atoms with Gasteiger partial charge in [0.15, 0.2) is 0 Å². The number of aromatic nitrogens is 1. The SMILES string of the molecule is O=C(c1ccccc1Br)N(Cc1ccccc1-c1ccccc1)c1ccccn1. The Balaban J connectivity index is 1.77. The Bertz CT molecular complexity index is 1110. The van der Waals surface area contributed by atoms with Gasteiger partial charge < -0.3 is 0 Å². The lowest BCUT2D eigenvalue weighted by atomic mass is 9.99. The van der Waals surface area contributed by atoms with Crippen molar-refractivity contribution in [3.05, 3.63) is 119 Å². The van der Waals surface area contributed by atoms with E-state index in [2.05, 4.69) is 45.2 Å². The van der Waals surface area contributed by atoms with E-state index in [1.165, 1.54) is 0 Å². The van der Waals surface area contributed by atoms with Crippen molar-refractivity contribution < 1.29 is 4.79 Å². The maximum Gasteiger partial charge on any atom is 0.260 e. The molecule has 0 aliphatic rings. The number of pyridine rings is 1. The average molecular weight is 443 g/mol. The van der Waals surface area contributed by atoms with E-state index in [0.717, 1.165) is 21.2 Å². The van der Waals surface area contributed by atoms with Crippen LogP contribution in [-0.4, -0.2) is 10.9 Å². The van der Waals surface area contributed by atoms with Crippen LogP contribution in [0.25, 0.3) is 11.1 Å². The lowest BCUT2D eigenvalue weighted by molar-refractivity contribution is 0.0983. The van der Waals surface area contributed by atoms with Crippen molar-refractivity contribution in [1.82, 2.24) is 4.98 Å². The van der Waals surface area contributed by atoms with Gasteiger partial charge in [-0.25, -0.2) is 4.98 Å². The molecule has 4 rings (SSSR count). The van der Waals surface area contributed by atoms with Crippen molar-refractivity contribution in [3.8, 4) is 11.1 Å². The number of nitrogens with zero attached hydrogens (tertiary/aromatic N) is 2. The van der Waals surface area contributed by atoms with Crippen LogP contribution in [0.4, 0.5) is 5.82 Å². The molecule has 0 N–H and O–H groups in total. The number of amides is 1. The zero-order valence-electron chi connectivity index (χ0n) is 15.7. The van der Waals surface area contributed by atoms with Crippen LogP contribution in [-0.2, 0) is 6.54 Å². The molecule has 3 nitrogen and oxygen atoms in total. The number of carbonyl (C=O) groups excluding carboxylic acids is 1. The topological polar surface area (TPSA) is 33.2 Å². The van der Waals surface area contributed by atoms with E-state index in [9.17, 15) is 4.79 Å². The van der Waals surface area contributed by atoms with Gasteiger partial charge in [-0.1, -0.05) is 72.8 Å². The summed E-state index contributed by atoms with van der Waals surface area (Å²) in [6.45, 7) is 0.419. The number of carbonyl (C=O) groups is 1. The van der Waals surface area contributed by atoms with Crippen LogP contribution in [0.5, 0.6) is 0 Å². The standard InChI is InChI=1S/C25H19BrN2O/c26-23-15-7-6-14-22(23)25(29)28(24-16-8-9-17-27-24)18-20-12-4-5-13-21(20)19-10-2-1-3-11-19/h1-17H,18H2. The highest BCUT2D eigenvalue weighted by molar-refractivity contribution is 9.10. The molecule has 0 saturated heterocycles. The fourth-order valence-corrected chi connectivity index (χ4v) is 3.73. The summed E-state index contributed by atoms with van der Waals surface area (Å²) in [5.41, 5.74) is 3.89. The average Bonchev–Trinajstić information content (AvgIpc) is 2.79. The van der Waals surface area contributed by atoms with Crippen LogP contribution in [0.15, 0.2) is 108 Å². The molecule has 1 aromatic heterocycles. The summed E-state index contributed by atoms with van der Waals surface area (Å²) in [6, 6.07) is 31.5. The third-order valence-corrected chi connectivity index (χ3v) is 5.40. The zero-order valence-corrected chi connectivity index (χ0v) is 17.3. The molecule has 0 unspecified atom stereocenters. The molecule has 0 fully saturated rings. The van der Waals surface area contributed by atoms with Crippen LogP contribution in [0, 0.1) is 0 Å². The van der Waals surface area contributed by atoms with Gasteiger partial charge in [-0.3, -0.25) is 9.69 Å². The van der Waals surface area contributed by atoms with Gasteiger partial charge in [-0.05, 0) is 56.9 Å². The Kier molecular flexibility index (Phi) is 5.82. The van der Waals surface area contributed by atoms with Crippen molar-refractivity contribution in [2.45, 2.75) is 6.54 Å². The summed E-state index contributed by atoms with van der Waals surface area (Å²) in [5, 5.41) is 0. The summed E-state index contributed by atoms with van der Waals surface area (Å²) in [7, 11) is 0. The third-order valence-electron chi connectivity index (χ3n) is 4.71. The molecular formula is C25H19BrN2O. The van der Waals surface area contributed by atoms with Crippen molar-refractivity contribution in [3.63, 3.8) is 0 Å². The summed E-state index contributed by atoms with van der Waals surface area (Å²) in [5.74, 6) is 0.523. The molecule has 0 spiro atoms. The van der Waals surface area contributed by atoms with Crippen LogP contribution in [0.1, 0.15) is 15.9 Å². The smallest absolute Gasteiger partial charge is 0.260 e. The van der Waals surface area contributed by atoms with E-state index >= 15 is 0 Å². The molecule has 142 valence electrons. The monoisotopic (exact) mass is 442 g/mol. The Morgan fingerprint density at radius 3 is 2.24 bits per heavy atom. The van der Waals surface area contributed by atoms with Gasteiger partial charge in [0.1, 0.15) is 5.82 Å². The predicted octanol–water partition coefficient (Wildman–Crippen LogP) is 6.36. The molecule has 4 heteroatoms. The largest absolute Gasteiger partial charge is 0.288 e. The first-order valence-corrected chi connectivity index (χ1v) is 10.1. The van der Waals surface area contributed by atoms with E-state index in [-0.39, 0.29) is 5.91 Å². The molecule has 0 aliphatic carbocycles. The van der Waals surface area contributed by atoms with Crippen LogP contribution < -0.4 is 4.90 Å². The van der Waals surface area contributed by atoms with Gasteiger partial charge in [0.25, 0.3) is 5.91 Å². The second kappa shape index (κ2) is 8.84. The molecule has 4 aromatic rings. The second-order valence-corrected chi connectivity index (χ2v) is 7.44. The third kappa shape index (κ3) is 4.28. The van der Waals surface area contributed by atoms with Crippen molar-refractivity contribution in [2.75, 3.05) is 4.90 Å². The molecule has 0 radical (unpaired) electrons. The van der Waals surface area contributed by atoms with Crippen LogP contribution in [0.3, 0.4) is 0 Å². The minimum Gasteiger partial charge on any atom is -0.288 e. The van der Waals surface area contributed by atoms with E-state index < -0.39 is 0 Å². The van der Waals surface area contributed by atoms with E-state index in [1.54, 1.807) is 11.1 Å². The first-order chi connectivity index (χ1) is 14.2. The van der Waals surface area contributed by atoms with Crippen molar-refractivity contribution in [1.29, 1.82) is 0 Å². The van der Waals surface area contributed by atoms with Gasteiger partial charge in [0.2, 0.25) is 0 Å². The number of anilines is 1. The fraction of sp³-hybridized carbons (Fsp3) is 0.0400. The highest BCUT2D eigenvalue weighted by atomic mass is 79.9. The van der Waals surface area contributed by atoms with Gasteiger partial charge in [0, 0.05) is 10.7 Å². The quantitative estimate of drug-likeness (QED) is 0.360. The molecule has 0 bridgehead atoms. The minimum atomic E-state index is -0.0981. The van der Waals surface area contributed by atoms with Gasteiger partial charge in [-0.2, -0.15) is 0 Å². The van der Waals surface area contributed by atoms with Gasteiger partial charge >= 0.3 is 0 Å². The summed E-state index contributed by atoms with van der Waals surface area (Å²) < 4.78 is 0.766. The highest BCUT2D eigenvalue weighted by Crippen LogP contribution is 2.28. The Hall–Kier alpha value is -3.24. The number of rotatable bonds is 5. The second-order valence-electron chi connectivity index (χ2n) is 6.58. The number of benzene rings is 3. The summed E-state index contributed by atoms with van der Waals surface area (Å²) in [6.07, 6.45) is 1.71. The number of halogens is 1. The fourth-order valence-electron chi connectivity index (χ4n) is 3.28. The summed E-state index contributed by atoms with van der Waals surface area (Å²) >= 11 is 3.51. The highest BCUT2D eigenvalue weighted by Gasteiger charge is 2.22. The van der Waals surface area contributed by atoms with E-state index in [4.69, 9.17) is 0 Å². The summed E-state index contributed by atoms with van der Waals surface area (Å²) in [4.78, 5) is 19.6. The van der Waals surface area contributed by atoms with E-state index in [0.29, 0.717) is 17.9 Å². The minimum absolute atomic E-state index is 0.0981. The maximum absolute atomic E-state index is 13.5. The number of hydrogen-bond donors (Lipinski definition) is 0. The first kappa shape index (κ1) is 19.1. The van der Waals surface area contributed by atoms with E-state index in [1.807, 2.05) is 72.8 Å². The molecule has 1 heterocycles. The molecule has 0 aliphatic heterocycles. The molecule has 3 aromatic carbocycles. The Labute approximate surface area is 178 Å². The molecule has 1 amide bonds. The Morgan fingerprint density at radius 2 is 1.48 bits per heavy atom. The number of hydrogen-bond acceptors (Lipinski definition) is 2. The molecule has 0 saturated carbocycles. The first-order valence-electron chi connectivity index (χ1n) is 9.35. The molecular weight excluding hydrogens is 424 g/mol. The van der Waals surface area contributed by atoms with Crippen molar-refractivity contribution >= 4 is 27.7 Å².